The van der Waals surface area contributed by atoms with Crippen molar-refractivity contribution < 1.29 is 18.7 Å². The third kappa shape index (κ3) is 6.59. The highest BCUT2D eigenvalue weighted by molar-refractivity contribution is 5.88. The molecule has 0 saturated carbocycles. The summed E-state index contributed by atoms with van der Waals surface area (Å²) in [6.45, 7) is 7.48. The van der Waals surface area contributed by atoms with E-state index in [1.807, 2.05) is 39.0 Å². The first kappa shape index (κ1) is 22.4. The summed E-state index contributed by atoms with van der Waals surface area (Å²) in [5.41, 5.74) is 1.66. The van der Waals surface area contributed by atoms with E-state index in [0.717, 1.165) is 17.5 Å². The number of rotatable bonds is 9. The number of para-hydroxylation sites is 1. The fraction of sp³-hybridized carbons (Fsp3) is 0.391. The van der Waals surface area contributed by atoms with Gasteiger partial charge in [-0.25, -0.2) is 4.39 Å². The van der Waals surface area contributed by atoms with Crippen LogP contribution in [0.2, 0.25) is 0 Å². The Labute approximate surface area is 171 Å². The van der Waals surface area contributed by atoms with Crippen LogP contribution in [0.4, 0.5) is 4.39 Å². The zero-order valence-electron chi connectivity index (χ0n) is 17.4. The second kappa shape index (κ2) is 10.6. The highest BCUT2D eigenvalue weighted by atomic mass is 19.1. The van der Waals surface area contributed by atoms with Gasteiger partial charge in [-0.2, -0.15) is 0 Å². The summed E-state index contributed by atoms with van der Waals surface area (Å²) >= 11 is 0. The van der Waals surface area contributed by atoms with Crippen LogP contribution in [0.15, 0.2) is 48.5 Å². The molecule has 0 aliphatic rings. The lowest BCUT2D eigenvalue weighted by Crippen LogP contribution is -2.50. The fourth-order valence-electron chi connectivity index (χ4n) is 2.78. The molecule has 2 aromatic rings. The molecule has 2 aromatic carbocycles. The quantitative estimate of drug-likeness (QED) is 0.696. The van der Waals surface area contributed by atoms with Crippen LogP contribution in [0, 0.1) is 12.7 Å². The Morgan fingerprint density at radius 1 is 1.10 bits per heavy atom. The van der Waals surface area contributed by atoms with E-state index in [-0.39, 0.29) is 36.8 Å². The summed E-state index contributed by atoms with van der Waals surface area (Å²) in [5, 5.41) is 2.91. The zero-order valence-corrected chi connectivity index (χ0v) is 17.4. The van der Waals surface area contributed by atoms with Crippen molar-refractivity contribution in [1.29, 1.82) is 0 Å². The molecule has 6 heteroatoms. The summed E-state index contributed by atoms with van der Waals surface area (Å²) in [7, 11) is 0. The maximum atomic E-state index is 13.2. The minimum Gasteiger partial charge on any atom is -0.484 e. The average Bonchev–Trinajstić information content (AvgIpc) is 2.71. The highest BCUT2D eigenvalue weighted by Gasteiger charge is 2.27. The van der Waals surface area contributed by atoms with E-state index in [9.17, 15) is 14.0 Å². The van der Waals surface area contributed by atoms with Gasteiger partial charge in [-0.05, 0) is 56.5 Å². The molecule has 156 valence electrons. The van der Waals surface area contributed by atoms with E-state index in [4.69, 9.17) is 4.74 Å². The van der Waals surface area contributed by atoms with Gasteiger partial charge in [-0.15, -0.1) is 0 Å². The molecule has 0 aliphatic heterocycles. The maximum Gasteiger partial charge on any atom is 0.261 e. The summed E-state index contributed by atoms with van der Waals surface area (Å²) in [6.07, 6.45) is 0.792. The Bertz CT molecular complexity index is 823. The van der Waals surface area contributed by atoms with Gasteiger partial charge in [0.25, 0.3) is 5.91 Å². The summed E-state index contributed by atoms with van der Waals surface area (Å²) in [5.74, 6) is -0.272. The molecular weight excluding hydrogens is 371 g/mol. The van der Waals surface area contributed by atoms with Gasteiger partial charge in [0.1, 0.15) is 17.6 Å². The van der Waals surface area contributed by atoms with Crippen LogP contribution in [-0.2, 0) is 16.1 Å². The molecule has 2 rings (SSSR count). The lowest BCUT2D eigenvalue weighted by Gasteiger charge is -2.29. The molecule has 0 heterocycles. The Morgan fingerprint density at radius 3 is 2.38 bits per heavy atom. The number of halogens is 1. The van der Waals surface area contributed by atoms with Crippen LogP contribution >= 0.6 is 0 Å². The van der Waals surface area contributed by atoms with Gasteiger partial charge in [0.15, 0.2) is 6.61 Å². The molecule has 2 atom stereocenters. The van der Waals surface area contributed by atoms with Crippen molar-refractivity contribution in [3.63, 3.8) is 0 Å². The molecular formula is C23H29FN2O3. The second-order valence-electron chi connectivity index (χ2n) is 7.20. The van der Waals surface area contributed by atoms with Gasteiger partial charge in [0.2, 0.25) is 5.91 Å². The molecule has 0 bridgehead atoms. The predicted octanol–water partition coefficient (Wildman–Crippen LogP) is 3.84. The van der Waals surface area contributed by atoms with E-state index in [0.29, 0.717) is 5.75 Å². The molecule has 1 N–H and O–H groups in total. The number of benzene rings is 2. The number of aryl methyl sites for hydroxylation is 1. The van der Waals surface area contributed by atoms with Crippen molar-refractivity contribution in [1.82, 2.24) is 10.2 Å². The van der Waals surface area contributed by atoms with Crippen LogP contribution in [0.5, 0.6) is 5.75 Å². The molecule has 2 amide bonds. The smallest absolute Gasteiger partial charge is 0.261 e. The Hall–Kier alpha value is -2.89. The van der Waals surface area contributed by atoms with E-state index < -0.39 is 6.04 Å². The van der Waals surface area contributed by atoms with E-state index in [1.165, 1.54) is 17.0 Å². The van der Waals surface area contributed by atoms with Gasteiger partial charge < -0.3 is 15.0 Å². The molecule has 0 unspecified atom stereocenters. The number of amides is 2. The molecule has 0 radical (unpaired) electrons. The standard InChI is InChI=1S/C23H29FN2O3/c1-5-17(3)25-23(28)18(4)26(14-19-10-12-20(24)13-11-19)22(27)15-29-21-9-7-6-8-16(21)2/h6-13,17-18H,5,14-15H2,1-4H3,(H,25,28)/t17-,18+/m0/s1. The van der Waals surface area contributed by atoms with Gasteiger partial charge in [0, 0.05) is 12.6 Å². The fourth-order valence-corrected chi connectivity index (χ4v) is 2.78. The number of carbonyl (C=O) groups excluding carboxylic acids is 2. The van der Waals surface area contributed by atoms with Gasteiger partial charge in [-0.3, -0.25) is 9.59 Å². The SMILES string of the molecule is CC[C@H](C)NC(=O)[C@@H](C)N(Cc1ccc(F)cc1)C(=O)COc1ccccc1C. The normalized spacial score (nSPS) is 12.7. The highest BCUT2D eigenvalue weighted by Crippen LogP contribution is 2.17. The van der Waals surface area contributed by atoms with Crippen molar-refractivity contribution in [3.05, 3.63) is 65.5 Å². The number of hydrogen-bond acceptors (Lipinski definition) is 3. The first-order valence-corrected chi connectivity index (χ1v) is 9.84. The second-order valence-corrected chi connectivity index (χ2v) is 7.20. The van der Waals surface area contributed by atoms with E-state index >= 15 is 0 Å². The van der Waals surface area contributed by atoms with Gasteiger partial charge >= 0.3 is 0 Å². The lowest BCUT2D eigenvalue weighted by molar-refractivity contribution is -0.142. The van der Waals surface area contributed by atoms with E-state index in [2.05, 4.69) is 5.32 Å². The Kier molecular flexibility index (Phi) is 8.19. The molecule has 5 nitrogen and oxygen atoms in total. The lowest BCUT2D eigenvalue weighted by atomic mass is 10.1. The van der Waals surface area contributed by atoms with Crippen LogP contribution in [0.1, 0.15) is 38.3 Å². The number of carbonyl (C=O) groups is 2. The maximum absolute atomic E-state index is 13.2. The average molecular weight is 400 g/mol. The number of ether oxygens (including phenoxy) is 1. The van der Waals surface area contributed by atoms with Crippen molar-refractivity contribution in [2.75, 3.05) is 6.61 Å². The number of nitrogens with zero attached hydrogens (tertiary/aromatic N) is 1. The molecule has 0 spiro atoms. The van der Waals surface area contributed by atoms with Crippen LogP contribution < -0.4 is 10.1 Å². The number of nitrogens with one attached hydrogen (secondary N) is 1. The molecule has 29 heavy (non-hydrogen) atoms. The largest absolute Gasteiger partial charge is 0.484 e. The third-order valence-corrected chi connectivity index (χ3v) is 4.88. The summed E-state index contributed by atoms with van der Waals surface area (Å²) < 4.78 is 18.9. The van der Waals surface area contributed by atoms with Crippen molar-refractivity contribution >= 4 is 11.8 Å². The number of hydrogen-bond donors (Lipinski definition) is 1. The first-order valence-electron chi connectivity index (χ1n) is 9.84. The van der Waals surface area contributed by atoms with Crippen molar-refractivity contribution in [2.45, 2.75) is 52.7 Å². The molecule has 0 fully saturated rings. The summed E-state index contributed by atoms with van der Waals surface area (Å²) in [4.78, 5) is 27.0. The molecule has 0 aliphatic carbocycles. The van der Waals surface area contributed by atoms with E-state index in [1.54, 1.807) is 25.1 Å². The van der Waals surface area contributed by atoms with Crippen LogP contribution in [-0.4, -0.2) is 35.4 Å². The topological polar surface area (TPSA) is 58.6 Å². The van der Waals surface area contributed by atoms with Gasteiger partial charge in [0.05, 0.1) is 0 Å². The molecule has 0 saturated heterocycles. The van der Waals surface area contributed by atoms with Gasteiger partial charge in [-0.1, -0.05) is 37.3 Å². The van der Waals surface area contributed by atoms with Crippen LogP contribution in [0.3, 0.4) is 0 Å². The summed E-state index contributed by atoms with van der Waals surface area (Å²) in [6, 6.07) is 12.6. The third-order valence-electron chi connectivity index (χ3n) is 4.88. The predicted molar refractivity (Wildman–Crippen MR) is 111 cm³/mol. The first-order chi connectivity index (χ1) is 13.8. The monoisotopic (exact) mass is 400 g/mol. The van der Waals surface area contributed by atoms with Crippen molar-refractivity contribution in [2.24, 2.45) is 0 Å². The minimum atomic E-state index is -0.693. The Morgan fingerprint density at radius 2 is 1.76 bits per heavy atom. The Balaban J connectivity index is 2.15. The van der Waals surface area contributed by atoms with Crippen molar-refractivity contribution in [3.8, 4) is 5.75 Å². The minimum absolute atomic E-state index is 0.0101. The van der Waals surface area contributed by atoms with Crippen LogP contribution in [0.25, 0.3) is 0 Å². The zero-order chi connectivity index (χ0) is 21.4. The molecule has 0 aromatic heterocycles.